The van der Waals surface area contributed by atoms with Crippen molar-refractivity contribution in [2.45, 2.75) is 58.2 Å². The van der Waals surface area contributed by atoms with Crippen molar-refractivity contribution in [2.75, 3.05) is 13.1 Å². The highest BCUT2D eigenvalue weighted by Crippen LogP contribution is 2.35. The van der Waals surface area contributed by atoms with E-state index in [1.807, 2.05) is 0 Å². The number of nitrogens with one attached hydrogen (secondary N) is 1. The van der Waals surface area contributed by atoms with Gasteiger partial charge in [-0.2, -0.15) is 0 Å². The first-order chi connectivity index (χ1) is 10.1. The molecule has 2 rings (SSSR count). The van der Waals surface area contributed by atoms with Crippen molar-refractivity contribution in [2.24, 2.45) is 5.92 Å². The molecule has 0 spiro atoms. The summed E-state index contributed by atoms with van der Waals surface area (Å²) in [4.78, 5) is 0. The second-order valence-electron chi connectivity index (χ2n) is 6.48. The Bertz CT molecular complexity index is 437. The first kappa shape index (κ1) is 17.0. The summed E-state index contributed by atoms with van der Waals surface area (Å²) in [5, 5.41) is 3.58. The number of halogens is 1. The lowest BCUT2D eigenvalue weighted by Crippen LogP contribution is -2.46. The van der Waals surface area contributed by atoms with Crippen LogP contribution < -0.4 is 5.32 Å². The molecule has 1 N–H and O–H groups in total. The smallest absolute Gasteiger partial charge is 0.0813 e. The molecule has 118 valence electrons. The molecule has 1 aromatic carbocycles. The number of rotatable bonds is 7. The maximum absolute atomic E-state index is 6.45. The lowest BCUT2D eigenvalue weighted by molar-refractivity contribution is -0.0888. The van der Waals surface area contributed by atoms with Crippen LogP contribution in [0.4, 0.5) is 0 Å². The molecule has 3 heteroatoms. The summed E-state index contributed by atoms with van der Waals surface area (Å²) in [6.45, 7) is 7.34. The molecule has 0 aliphatic heterocycles. The predicted octanol–water partition coefficient (Wildman–Crippen LogP) is 4.91. The maximum atomic E-state index is 6.45. The molecule has 1 aromatic rings. The number of hydrogen-bond donors (Lipinski definition) is 1. The monoisotopic (exact) mass is 353 g/mol. The molecule has 0 aromatic heterocycles. The van der Waals surface area contributed by atoms with E-state index < -0.39 is 0 Å². The molecule has 21 heavy (non-hydrogen) atoms. The van der Waals surface area contributed by atoms with E-state index in [9.17, 15) is 0 Å². The van der Waals surface area contributed by atoms with Gasteiger partial charge in [-0.3, -0.25) is 0 Å². The van der Waals surface area contributed by atoms with Gasteiger partial charge in [0, 0.05) is 11.0 Å². The van der Waals surface area contributed by atoms with Crippen LogP contribution in [-0.4, -0.2) is 18.7 Å². The van der Waals surface area contributed by atoms with Gasteiger partial charge in [-0.25, -0.2) is 0 Å². The molecule has 1 aliphatic rings. The first-order valence-corrected chi connectivity index (χ1v) is 9.02. The van der Waals surface area contributed by atoms with Crippen molar-refractivity contribution < 1.29 is 4.74 Å². The maximum Gasteiger partial charge on any atom is 0.0813 e. The quantitative estimate of drug-likeness (QED) is 0.702. The number of ether oxygens (including phenoxy) is 1. The molecule has 2 unspecified atom stereocenters. The van der Waals surface area contributed by atoms with Crippen LogP contribution in [0.5, 0.6) is 0 Å². The Morgan fingerprint density at radius 3 is 3.00 bits per heavy atom. The standard InChI is InChI=1S/C18H28BrNO/c1-3-10-20-14-18(9-5-6-15(2)12-18)21-13-16-7-4-8-17(19)11-16/h4,7-8,11,15,20H,3,5-6,9-10,12-14H2,1-2H3. The lowest BCUT2D eigenvalue weighted by atomic mass is 9.78. The summed E-state index contributed by atoms with van der Waals surface area (Å²) in [5.41, 5.74) is 1.27. The van der Waals surface area contributed by atoms with E-state index in [-0.39, 0.29) is 5.60 Å². The minimum absolute atomic E-state index is 0.0230. The Morgan fingerprint density at radius 1 is 1.43 bits per heavy atom. The highest BCUT2D eigenvalue weighted by atomic mass is 79.9. The van der Waals surface area contributed by atoms with Crippen molar-refractivity contribution in [1.82, 2.24) is 5.32 Å². The van der Waals surface area contributed by atoms with Gasteiger partial charge in [0.15, 0.2) is 0 Å². The third-order valence-corrected chi connectivity index (χ3v) is 4.85. The molecule has 2 atom stereocenters. The van der Waals surface area contributed by atoms with Gasteiger partial charge in [0.05, 0.1) is 12.2 Å². The summed E-state index contributed by atoms with van der Waals surface area (Å²) >= 11 is 3.53. The molecule has 0 amide bonds. The fourth-order valence-corrected chi connectivity index (χ4v) is 3.76. The van der Waals surface area contributed by atoms with Crippen LogP contribution in [0.15, 0.2) is 28.7 Å². The molecule has 1 aliphatic carbocycles. The lowest BCUT2D eigenvalue weighted by Gasteiger charge is -2.40. The van der Waals surface area contributed by atoms with E-state index in [4.69, 9.17) is 4.74 Å². The molecular formula is C18H28BrNO. The summed E-state index contributed by atoms with van der Waals surface area (Å²) in [6.07, 6.45) is 6.17. The van der Waals surface area contributed by atoms with Gasteiger partial charge >= 0.3 is 0 Å². The largest absolute Gasteiger partial charge is 0.369 e. The average molecular weight is 354 g/mol. The zero-order valence-electron chi connectivity index (χ0n) is 13.3. The Kier molecular flexibility index (Phi) is 6.72. The Balaban J connectivity index is 1.97. The molecule has 1 fully saturated rings. The van der Waals surface area contributed by atoms with Crippen LogP contribution >= 0.6 is 15.9 Å². The summed E-state index contributed by atoms with van der Waals surface area (Å²) in [5.74, 6) is 0.768. The second kappa shape index (κ2) is 8.30. The highest BCUT2D eigenvalue weighted by molar-refractivity contribution is 9.10. The van der Waals surface area contributed by atoms with E-state index in [1.165, 1.54) is 37.7 Å². The van der Waals surface area contributed by atoms with Crippen LogP contribution in [0.2, 0.25) is 0 Å². The summed E-state index contributed by atoms with van der Waals surface area (Å²) in [7, 11) is 0. The summed E-state index contributed by atoms with van der Waals surface area (Å²) < 4.78 is 7.57. The van der Waals surface area contributed by atoms with E-state index in [2.05, 4.69) is 59.4 Å². The third kappa shape index (κ3) is 5.39. The van der Waals surface area contributed by atoms with Crippen LogP contribution in [0.1, 0.15) is 51.5 Å². The van der Waals surface area contributed by atoms with E-state index >= 15 is 0 Å². The zero-order valence-corrected chi connectivity index (χ0v) is 14.9. The van der Waals surface area contributed by atoms with Crippen LogP contribution in [0.25, 0.3) is 0 Å². The Morgan fingerprint density at radius 2 is 2.29 bits per heavy atom. The molecule has 0 saturated heterocycles. The van der Waals surface area contributed by atoms with Gasteiger partial charge in [-0.1, -0.05) is 54.8 Å². The van der Waals surface area contributed by atoms with E-state index in [1.54, 1.807) is 0 Å². The average Bonchev–Trinajstić information content (AvgIpc) is 2.46. The third-order valence-electron chi connectivity index (χ3n) is 4.36. The SMILES string of the molecule is CCCNCC1(OCc2cccc(Br)c2)CCCC(C)C1. The van der Waals surface area contributed by atoms with E-state index in [0.717, 1.165) is 23.5 Å². The fraction of sp³-hybridized carbons (Fsp3) is 0.667. The van der Waals surface area contributed by atoms with Crippen molar-refractivity contribution in [3.63, 3.8) is 0 Å². The van der Waals surface area contributed by atoms with Gasteiger partial charge < -0.3 is 10.1 Å². The van der Waals surface area contributed by atoms with Crippen molar-refractivity contribution >= 4 is 15.9 Å². The van der Waals surface area contributed by atoms with Crippen molar-refractivity contribution in [1.29, 1.82) is 0 Å². The van der Waals surface area contributed by atoms with Gasteiger partial charge in [-0.05, 0) is 49.4 Å². The molecule has 2 nitrogen and oxygen atoms in total. The normalized spacial score (nSPS) is 26.0. The molecule has 0 heterocycles. The van der Waals surface area contributed by atoms with Crippen LogP contribution in [-0.2, 0) is 11.3 Å². The van der Waals surface area contributed by atoms with Crippen LogP contribution in [0, 0.1) is 5.92 Å². The Labute approximate surface area is 137 Å². The molecule has 0 radical (unpaired) electrons. The molecule has 1 saturated carbocycles. The minimum atomic E-state index is 0.0230. The van der Waals surface area contributed by atoms with Gasteiger partial charge in [0.1, 0.15) is 0 Å². The zero-order chi connectivity index (χ0) is 15.1. The van der Waals surface area contributed by atoms with Crippen molar-refractivity contribution in [3.05, 3.63) is 34.3 Å². The first-order valence-electron chi connectivity index (χ1n) is 8.23. The van der Waals surface area contributed by atoms with E-state index in [0.29, 0.717) is 6.61 Å². The van der Waals surface area contributed by atoms with Gasteiger partial charge in [0.25, 0.3) is 0 Å². The molecule has 0 bridgehead atoms. The van der Waals surface area contributed by atoms with Gasteiger partial charge in [0.2, 0.25) is 0 Å². The van der Waals surface area contributed by atoms with Crippen LogP contribution in [0.3, 0.4) is 0 Å². The predicted molar refractivity (Wildman–Crippen MR) is 92.5 cm³/mol. The van der Waals surface area contributed by atoms with Gasteiger partial charge in [-0.15, -0.1) is 0 Å². The topological polar surface area (TPSA) is 21.3 Å². The number of benzene rings is 1. The summed E-state index contributed by atoms with van der Waals surface area (Å²) in [6, 6.07) is 8.43. The second-order valence-corrected chi connectivity index (χ2v) is 7.40. The minimum Gasteiger partial charge on any atom is -0.369 e. The fourth-order valence-electron chi connectivity index (χ4n) is 3.31. The number of hydrogen-bond acceptors (Lipinski definition) is 2. The van der Waals surface area contributed by atoms with Crippen molar-refractivity contribution in [3.8, 4) is 0 Å². The molecular weight excluding hydrogens is 326 g/mol. The Hall–Kier alpha value is -0.380. The highest BCUT2D eigenvalue weighted by Gasteiger charge is 2.35.